The molecule has 1 N–H and O–H groups in total. The number of aliphatic hydroxyl groups is 1. The molecule has 0 bridgehead atoms. The van der Waals surface area contributed by atoms with Crippen molar-refractivity contribution >= 4 is 5.91 Å². The van der Waals surface area contributed by atoms with Gasteiger partial charge in [-0.1, -0.05) is 6.07 Å². The fourth-order valence-corrected chi connectivity index (χ4v) is 3.69. The Morgan fingerprint density at radius 2 is 1.83 bits per heavy atom. The molecule has 1 aromatic carbocycles. The SMILES string of the molecule is CCN(CC)C(=O)CN1CCN(CC(O)COCc2ccc3c(c2)OCO3)CC1. The number of nitrogens with zero attached hydrogens (tertiary/aromatic N) is 3. The molecule has 0 saturated carbocycles. The number of fused-ring (bicyclic) bond motifs is 1. The molecule has 0 aliphatic carbocycles. The number of aliphatic hydroxyl groups excluding tert-OH is 1. The molecule has 0 aromatic heterocycles. The van der Waals surface area contributed by atoms with E-state index in [9.17, 15) is 9.90 Å². The fourth-order valence-electron chi connectivity index (χ4n) is 3.69. The third-order valence-electron chi connectivity index (χ3n) is 5.42. The van der Waals surface area contributed by atoms with E-state index in [1.807, 2.05) is 36.9 Å². The van der Waals surface area contributed by atoms with E-state index in [0.29, 0.717) is 19.7 Å². The number of rotatable bonds is 10. The average Bonchev–Trinajstić information content (AvgIpc) is 3.18. The summed E-state index contributed by atoms with van der Waals surface area (Å²) in [5, 5.41) is 10.3. The van der Waals surface area contributed by atoms with Gasteiger partial charge in [-0.2, -0.15) is 0 Å². The Bertz CT molecular complexity index is 660. The van der Waals surface area contributed by atoms with Crippen molar-refractivity contribution in [2.75, 3.05) is 65.8 Å². The molecular formula is C21H33N3O5. The van der Waals surface area contributed by atoms with E-state index in [1.165, 1.54) is 0 Å². The first-order valence-corrected chi connectivity index (χ1v) is 10.5. The predicted octanol–water partition coefficient (Wildman–Crippen LogP) is 0.779. The summed E-state index contributed by atoms with van der Waals surface area (Å²) in [5.41, 5.74) is 0.993. The van der Waals surface area contributed by atoms with Gasteiger partial charge in [-0.15, -0.1) is 0 Å². The number of amides is 1. The highest BCUT2D eigenvalue weighted by molar-refractivity contribution is 5.78. The van der Waals surface area contributed by atoms with Gasteiger partial charge in [-0.25, -0.2) is 0 Å². The number of hydrogen-bond donors (Lipinski definition) is 1. The maximum atomic E-state index is 12.2. The Morgan fingerprint density at radius 3 is 2.55 bits per heavy atom. The van der Waals surface area contributed by atoms with Crippen LogP contribution in [0.3, 0.4) is 0 Å². The molecule has 1 atom stereocenters. The van der Waals surface area contributed by atoms with Crippen LogP contribution in [0.4, 0.5) is 0 Å². The van der Waals surface area contributed by atoms with Gasteiger partial charge in [0.2, 0.25) is 12.7 Å². The first kappa shape index (κ1) is 21.8. The molecule has 0 spiro atoms. The second-order valence-corrected chi connectivity index (χ2v) is 7.50. The molecule has 1 amide bonds. The van der Waals surface area contributed by atoms with Crippen LogP contribution in [0.15, 0.2) is 18.2 Å². The van der Waals surface area contributed by atoms with Crippen molar-refractivity contribution in [3.63, 3.8) is 0 Å². The second kappa shape index (κ2) is 10.8. The van der Waals surface area contributed by atoms with Crippen molar-refractivity contribution in [2.24, 2.45) is 0 Å². The number of carbonyl (C=O) groups is 1. The molecule has 2 aliphatic rings. The lowest BCUT2D eigenvalue weighted by molar-refractivity contribution is -0.132. The highest BCUT2D eigenvalue weighted by Gasteiger charge is 2.22. The van der Waals surface area contributed by atoms with Crippen LogP contribution >= 0.6 is 0 Å². The quantitative estimate of drug-likeness (QED) is 0.614. The van der Waals surface area contributed by atoms with Crippen molar-refractivity contribution in [1.82, 2.24) is 14.7 Å². The Hall–Kier alpha value is -1.87. The minimum Gasteiger partial charge on any atom is -0.454 e. The van der Waals surface area contributed by atoms with Crippen LogP contribution in [-0.2, 0) is 16.1 Å². The number of hydrogen-bond acceptors (Lipinski definition) is 7. The van der Waals surface area contributed by atoms with Crippen molar-refractivity contribution in [1.29, 1.82) is 0 Å². The number of benzene rings is 1. The molecule has 1 unspecified atom stereocenters. The number of β-amino-alcohol motifs (C(OH)–C–C–N with tert-alkyl or cyclic N) is 1. The van der Waals surface area contributed by atoms with Gasteiger partial charge in [0.05, 0.1) is 25.9 Å². The van der Waals surface area contributed by atoms with Gasteiger partial charge in [0, 0.05) is 45.8 Å². The summed E-state index contributed by atoms with van der Waals surface area (Å²) in [6.45, 7) is 11.0. The van der Waals surface area contributed by atoms with Crippen LogP contribution in [0.5, 0.6) is 11.5 Å². The van der Waals surface area contributed by atoms with Crippen molar-refractivity contribution in [3.8, 4) is 11.5 Å². The van der Waals surface area contributed by atoms with Crippen molar-refractivity contribution in [3.05, 3.63) is 23.8 Å². The van der Waals surface area contributed by atoms with Gasteiger partial charge < -0.3 is 24.2 Å². The summed E-state index contributed by atoms with van der Waals surface area (Å²) in [6, 6.07) is 5.73. The van der Waals surface area contributed by atoms with Crippen LogP contribution in [0, 0.1) is 0 Å². The van der Waals surface area contributed by atoms with Crippen molar-refractivity contribution in [2.45, 2.75) is 26.6 Å². The minimum atomic E-state index is -0.534. The normalized spacial score (nSPS) is 18.0. The zero-order valence-electron chi connectivity index (χ0n) is 17.5. The van der Waals surface area contributed by atoms with Crippen LogP contribution in [0.1, 0.15) is 19.4 Å². The minimum absolute atomic E-state index is 0.195. The molecule has 1 fully saturated rings. The summed E-state index contributed by atoms with van der Waals surface area (Å²) < 4.78 is 16.3. The molecule has 162 valence electrons. The molecular weight excluding hydrogens is 374 g/mol. The summed E-state index contributed by atoms with van der Waals surface area (Å²) in [4.78, 5) is 18.5. The first-order valence-electron chi connectivity index (χ1n) is 10.5. The lowest BCUT2D eigenvalue weighted by atomic mass is 10.2. The maximum absolute atomic E-state index is 12.2. The van der Waals surface area contributed by atoms with E-state index in [2.05, 4.69) is 9.80 Å². The standard InChI is InChI=1S/C21H33N3O5/c1-3-24(4-2)21(26)13-23-9-7-22(8-10-23)12-18(25)15-27-14-17-5-6-19-20(11-17)29-16-28-19/h5-6,11,18,25H,3-4,7-10,12-16H2,1-2H3. The summed E-state index contributed by atoms with van der Waals surface area (Å²) in [5.74, 6) is 1.69. The van der Waals surface area contributed by atoms with E-state index in [1.54, 1.807) is 0 Å². The van der Waals surface area contributed by atoms with Crippen molar-refractivity contribution < 1.29 is 24.1 Å². The Morgan fingerprint density at radius 1 is 1.14 bits per heavy atom. The third-order valence-corrected chi connectivity index (χ3v) is 5.42. The summed E-state index contributed by atoms with van der Waals surface area (Å²) >= 11 is 0. The zero-order chi connectivity index (χ0) is 20.6. The van der Waals surface area contributed by atoms with E-state index in [0.717, 1.165) is 56.3 Å². The topological polar surface area (TPSA) is 74.7 Å². The average molecular weight is 408 g/mol. The first-order chi connectivity index (χ1) is 14.1. The highest BCUT2D eigenvalue weighted by Crippen LogP contribution is 2.32. The van der Waals surface area contributed by atoms with Gasteiger partial charge in [-0.05, 0) is 31.5 Å². The third kappa shape index (κ3) is 6.30. The smallest absolute Gasteiger partial charge is 0.236 e. The van der Waals surface area contributed by atoms with Gasteiger partial charge in [0.15, 0.2) is 11.5 Å². The number of ether oxygens (including phenoxy) is 3. The number of piperazine rings is 1. The van der Waals surface area contributed by atoms with Crippen LogP contribution in [0.2, 0.25) is 0 Å². The monoisotopic (exact) mass is 407 g/mol. The molecule has 1 saturated heterocycles. The van der Waals surface area contributed by atoms with Crippen LogP contribution in [-0.4, -0.2) is 97.6 Å². The van der Waals surface area contributed by atoms with Gasteiger partial charge >= 0.3 is 0 Å². The van der Waals surface area contributed by atoms with Gasteiger partial charge in [0.1, 0.15) is 0 Å². The molecule has 2 heterocycles. The Balaban J connectivity index is 1.31. The van der Waals surface area contributed by atoms with E-state index in [-0.39, 0.29) is 19.3 Å². The summed E-state index contributed by atoms with van der Waals surface area (Å²) in [6.07, 6.45) is -0.534. The van der Waals surface area contributed by atoms with Gasteiger partial charge in [0.25, 0.3) is 0 Å². The molecule has 1 aromatic rings. The van der Waals surface area contributed by atoms with Crippen LogP contribution < -0.4 is 9.47 Å². The summed E-state index contributed by atoms with van der Waals surface area (Å²) in [7, 11) is 0. The molecule has 29 heavy (non-hydrogen) atoms. The zero-order valence-corrected chi connectivity index (χ0v) is 17.5. The molecule has 3 rings (SSSR count). The van der Waals surface area contributed by atoms with E-state index >= 15 is 0 Å². The molecule has 2 aliphatic heterocycles. The largest absolute Gasteiger partial charge is 0.454 e. The highest BCUT2D eigenvalue weighted by atomic mass is 16.7. The molecule has 0 radical (unpaired) electrons. The van der Waals surface area contributed by atoms with E-state index in [4.69, 9.17) is 14.2 Å². The molecule has 8 heteroatoms. The number of likely N-dealkylation sites (N-methyl/N-ethyl adjacent to an activating group) is 1. The Kier molecular flexibility index (Phi) is 8.11. The lowest BCUT2D eigenvalue weighted by Crippen LogP contribution is -2.51. The molecule has 8 nitrogen and oxygen atoms in total. The Labute approximate surface area is 172 Å². The predicted molar refractivity (Wildman–Crippen MR) is 109 cm³/mol. The second-order valence-electron chi connectivity index (χ2n) is 7.50. The van der Waals surface area contributed by atoms with Gasteiger partial charge in [-0.3, -0.25) is 14.6 Å². The van der Waals surface area contributed by atoms with Crippen LogP contribution in [0.25, 0.3) is 0 Å². The fraction of sp³-hybridized carbons (Fsp3) is 0.667. The lowest BCUT2D eigenvalue weighted by Gasteiger charge is -2.36. The van der Waals surface area contributed by atoms with E-state index < -0.39 is 6.10 Å². The number of carbonyl (C=O) groups excluding carboxylic acids is 1. The maximum Gasteiger partial charge on any atom is 0.236 e.